The highest BCUT2D eigenvalue weighted by Crippen LogP contribution is 2.09. The number of anilines is 1. The number of hydrogen-bond acceptors (Lipinski definition) is 3. The van der Waals surface area contributed by atoms with Crippen molar-refractivity contribution >= 4 is 11.6 Å². The molecule has 4 heteroatoms. The Hall–Kier alpha value is -1.55. The lowest BCUT2D eigenvalue weighted by molar-refractivity contribution is -0.132. The predicted octanol–water partition coefficient (Wildman–Crippen LogP) is 1.69. The molecular formula is C14H22N2O2. The monoisotopic (exact) mass is 250 g/mol. The fourth-order valence-electron chi connectivity index (χ4n) is 1.71. The summed E-state index contributed by atoms with van der Waals surface area (Å²) in [5.74, 6) is 0.136. The molecule has 0 aliphatic rings. The molecule has 100 valence electrons. The Bertz CT molecular complexity index is 376. The number of hydrogen-bond donors (Lipinski definition) is 1. The molecule has 0 aliphatic heterocycles. The number of amides is 1. The van der Waals surface area contributed by atoms with E-state index in [-0.39, 0.29) is 11.9 Å². The van der Waals surface area contributed by atoms with E-state index in [4.69, 9.17) is 10.5 Å². The normalized spacial score (nSPS) is 12.2. The second-order valence-electron chi connectivity index (χ2n) is 4.55. The van der Waals surface area contributed by atoms with Crippen LogP contribution in [0.2, 0.25) is 0 Å². The number of carbonyl (C=O) groups excluding carboxylic acids is 1. The predicted molar refractivity (Wildman–Crippen MR) is 73.3 cm³/mol. The summed E-state index contributed by atoms with van der Waals surface area (Å²) < 4.78 is 5.04. The molecule has 1 amide bonds. The number of ether oxygens (including phenoxy) is 1. The third-order valence-corrected chi connectivity index (χ3v) is 3.07. The van der Waals surface area contributed by atoms with Crippen molar-refractivity contribution in [1.29, 1.82) is 0 Å². The van der Waals surface area contributed by atoms with Crippen LogP contribution in [0.25, 0.3) is 0 Å². The molecule has 1 aromatic rings. The zero-order chi connectivity index (χ0) is 13.5. The molecule has 0 radical (unpaired) electrons. The van der Waals surface area contributed by atoms with Crippen LogP contribution >= 0.6 is 0 Å². The quantitative estimate of drug-likeness (QED) is 0.782. The van der Waals surface area contributed by atoms with Gasteiger partial charge in [0.25, 0.3) is 0 Å². The van der Waals surface area contributed by atoms with Crippen molar-refractivity contribution in [1.82, 2.24) is 4.90 Å². The van der Waals surface area contributed by atoms with Crippen LogP contribution in [0.1, 0.15) is 18.9 Å². The van der Waals surface area contributed by atoms with Gasteiger partial charge in [-0.1, -0.05) is 12.1 Å². The van der Waals surface area contributed by atoms with Crippen LogP contribution in [0, 0.1) is 0 Å². The zero-order valence-corrected chi connectivity index (χ0v) is 11.3. The molecule has 4 nitrogen and oxygen atoms in total. The fourth-order valence-corrected chi connectivity index (χ4v) is 1.71. The lowest BCUT2D eigenvalue weighted by Crippen LogP contribution is -2.37. The Morgan fingerprint density at radius 3 is 2.56 bits per heavy atom. The fraction of sp³-hybridized carbons (Fsp3) is 0.500. The minimum atomic E-state index is 0.105. The first-order chi connectivity index (χ1) is 8.54. The maximum absolute atomic E-state index is 11.9. The second kappa shape index (κ2) is 7.01. The number of methoxy groups -OCH3 is 1. The summed E-state index contributed by atoms with van der Waals surface area (Å²) in [5.41, 5.74) is 7.49. The minimum Gasteiger partial charge on any atom is -0.399 e. The molecule has 0 aliphatic carbocycles. The van der Waals surface area contributed by atoms with Crippen LogP contribution in [-0.4, -0.2) is 37.6 Å². The van der Waals surface area contributed by atoms with Gasteiger partial charge in [-0.05, 0) is 31.0 Å². The van der Waals surface area contributed by atoms with E-state index in [0.29, 0.717) is 13.0 Å². The molecule has 0 spiro atoms. The first-order valence-electron chi connectivity index (χ1n) is 6.13. The lowest BCUT2D eigenvalue weighted by atomic mass is 10.1. The molecule has 1 atom stereocenters. The van der Waals surface area contributed by atoms with E-state index in [1.807, 2.05) is 38.2 Å². The van der Waals surface area contributed by atoms with Crippen LogP contribution in [0.5, 0.6) is 0 Å². The van der Waals surface area contributed by atoms with Gasteiger partial charge in [0.2, 0.25) is 5.91 Å². The summed E-state index contributed by atoms with van der Waals surface area (Å²) in [4.78, 5) is 13.7. The van der Waals surface area contributed by atoms with Gasteiger partial charge >= 0.3 is 0 Å². The topological polar surface area (TPSA) is 55.6 Å². The summed E-state index contributed by atoms with van der Waals surface area (Å²) in [6, 6.07) is 7.74. The SMILES string of the molecule is COCC(C)N(C)C(=O)CCc1ccc(N)cc1. The van der Waals surface area contributed by atoms with E-state index in [0.717, 1.165) is 17.7 Å². The summed E-state index contributed by atoms with van der Waals surface area (Å²) >= 11 is 0. The number of benzene rings is 1. The van der Waals surface area contributed by atoms with Gasteiger partial charge in [0.1, 0.15) is 0 Å². The standard InChI is InChI=1S/C14H22N2O2/c1-11(10-18-3)16(2)14(17)9-6-12-4-7-13(15)8-5-12/h4-5,7-8,11H,6,9-10,15H2,1-3H3. The van der Waals surface area contributed by atoms with Crippen molar-refractivity contribution in [2.75, 3.05) is 26.5 Å². The van der Waals surface area contributed by atoms with Crippen molar-refractivity contribution in [3.8, 4) is 0 Å². The zero-order valence-electron chi connectivity index (χ0n) is 11.3. The van der Waals surface area contributed by atoms with E-state index in [1.165, 1.54) is 0 Å². The number of aryl methyl sites for hydroxylation is 1. The molecule has 1 aromatic carbocycles. The summed E-state index contributed by atoms with van der Waals surface area (Å²) in [6.07, 6.45) is 1.25. The molecule has 0 bridgehead atoms. The number of nitrogens with zero attached hydrogens (tertiary/aromatic N) is 1. The maximum Gasteiger partial charge on any atom is 0.222 e. The maximum atomic E-state index is 11.9. The highest BCUT2D eigenvalue weighted by Gasteiger charge is 2.14. The Labute approximate surface area is 109 Å². The summed E-state index contributed by atoms with van der Waals surface area (Å²) in [6.45, 7) is 2.54. The van der Waals surface area contributed by atoms with Gasteiger partial charge in [-0.25, -0.2) is 0 Å². The van der Waals surface area contributed by atoms with Gasteiger partial charge in [-0.15, -0.1) is 0 Å². The largest absolute Gasteiger partial charge is 0.399 e. The number of carbonyl (C=O) groups is 1. The van der Waals surface area contributed by atoms with Crippen LogP contribution < -0.4 is 5.73 Å². The van der Waals surface area contributed by atoms with Crippen LogP contribution in [-0.2, 0) is 16.0 Å². The van der Waals surface area contributed by atoms with Gasteiger partial charge in [0, 0.05) is 26.3 Å². The molecule has 0 heterocycles. The third kappa shape index (κ3) is 4.37. The number of likely N-dealkylation sites (N-methyl/N-ethyl adjacent to an activating group) is 1. The molecule has 1 unspecified atom stereocenters. The van der Waals surface area contributed by atoms with E-state index in [1.54, 1.807) is 12.0 Å². The molecule has 0 saturated heterocycles. The Morgan fingerprint density at radius 2 is 2.00 bits per heavy atom. The van der Waals surface area contributed by atoms with E-state index < -0.39 is 0 Å². The highest BCUT2D eigenvalue weighted by molar-refractivity contribution is 5.76. The summed E-state index contributed by atoms with van der Waals surface area (Å²) in [5, 5.41) is 0. The van der Waals surface area contributed by atoms with Crippen LogP contribution in [0.15, 0.2) is 24.3 Å². The van der Waals surface area contributed by atoms with Crippen molar-refractivity contribution in [2.24, 2.45) is 0 Å². The van der Waals surface area contributed by atoms with Crippen molar-refractivity contribution in [2.45, 2.75) is 25.8 Å². The van der Waals surface area contributed by atoms with Crippen LogP contribution in [0.4, 0.5) is 5.69 Å². The van der Waals surface area contributed by atoms with Crippen LogP contribution in [0.3, 0.4) is 0 Å². The minimum absolute atomic E-state index is 0.105. The number of nitrogen functional groups attached to an aromatic ring is 1. The average Bonchev–Trinajstić information content (AvgIpc) is 2.37. The smallest absolute Gasteiger partial charge is 0.222 e. The van der Waals surface area contributed by atoms with Gasteiger partial charge in [0.05, 0.1) is 12.6 Å². The highest BCUT2D eigenvalue weighted by atomic mass is 16.5. The Morgan fingerprint density at radius 1 is 1.39 bits per heavy atom. The van der Waals surface area contributed by atoms with E-state index in [9.17, 15) is 4.79 Å². The van der Waals surface area contributed by atoms with Gasteiger partial charge in [0.15, 0.2) is 0 Å². The van der Waals surface area contributed by atoms with E-state index in [2.05, 4.69) is 0 Å². The van der Waals surface area contributed by atoms with Gasteiger partial charge in [-0.2, -0.15) is 0 Å². The first-order valence-corrected chi connectivity index (χ1v) is 6.13. The lowest BCUT2D eigenvalue weighted by Gasteiger charge is -2.24. The van der Waals surface area contributed by atoms with Crippen molar-refractivity contribution in [3.63, 3.8) is 0 Å². The second-order valence-corrected chi connectivity index (χ2v) is 4.55. The molecule has 0 aromatic heterocycles. The molecule has 18 heavy (non-hydrogen) atoms. The average molecular weight is 250 g/mol. The summed E-state index contributed by atoms with van der Waals surface area (Å²) in [7, 11) is 3.46. The Kier molecular flexibility index (Phi) is 5.65. The Balaban J connectivity index is 2.43. The van der Waals surface area contributed by atoms with Crippen molar-refractivity contribution < 1.29 is 9.53 Å². The first kappa shape index (κ1) is 14.5. The third-order valence-electron chi connectivity index (χ3n) is 3.07. The molecule has 0 fully saturated rings. The molecule has 2 N–H and O–H groups in total. The van der Waals surface area contributed by atoms with Gasteiger partial charge in [-0.3, -0.25) is 4.79 Å². The molecule has 1 rings (SSSR count). The van der Waals surface area contributed by atoms with E-state index >= 15 is 0 Å². The number of nitrogens with two attached hydrogens (primary N) is 1. The molecule has 0 saturated carbocycles. The molecular weight excluding hydrogens is 228 g/mol. The number of rotatable bonds is 6. The van der Waals surface area contributed by atoms with Gasteiger partial charge < -0.3 is 15.4 Å². The van der Waals surface area contributed by atoms with Crippen molar-refractivity contribution in [3.05, 3.63) is 29.8 Å².